The number of fused-ring (bicyclic) bond motifs is 1. The number of amides is 2. The van der Waals surface area contributed by atoms with Gasteiger partial charge in [-0.15, -0.1) is 0 Å². The van der Waals surface area contributed by atoms with Gasteiger partial charge in [-0.05, 0) is 75.6 Å². The summed E-state index contributed by atoms with van der Waals surface area (Å²) in [6, 6.07) is 10.8. The first-order valence-electron chi connectivity index (χ1n) is 11.4. The van der Waals surface area contributed by atoms with Crippen molar-refractivity contribution in [1.29, 1.82) is 0 Å². The number of ether oxygens (including phenoxy) is 1. The van der Waals surface area contributed by atoms with Crippen molar-refractivity contribution in [2.75, 3.05) is 12.0 Å². The third-order valence-corrected chi connectivity index (χ3v) is 6.40. The van der Waals surface area contributed by atoms with E-state index in [0.717, 1.165) is 47.4 Å². The summed E-state index contributed by atoms with van der Waals surface area (Å²) in [5.74, 6) is 1.09. The lowest BCUT2D eigenvalue weighted by atomic mass is 9.82. The van der Waals surface area contributed by atoms with Gasteiger partial charge in [-0.25, -0.2) is 9.80 Å². The van der Waals surface area contributed by atoms with E-state index in [1.54, 1.807) is 29.2 Å². The van der Waals surface area contributed by atoms with Crippen LogP contribution in [-0.2, 0) is 0 Å². The Morgan fingerprint density at radius 2 is 1.78 bits per heavy atom. The average Bonchev–Trinajstić information content (AvgIpc) is 2.93. The molecule has 1 saturated carbocycles. The Labute approximate surface area is 189 Å². The van der Waals surface area contributed by atoms with E-state index in [0.29, 0.717) is 17.2 Å². The van der Waals surface area contributed by atoms with Crippen molar-refractivity contribution < 1.29 is 14.3 Å². The second kappa shape index (κ2) is 9.15. The van der Waals surface area contributed by atoms with Gasteiger partial charge in [0.2, 0.25) is 0 Å². The number of hydrogen-bond donors (Lipinski definition) is 0. The minimum absolute atomic E-state index is 0.102. The van der Waals surface area contributed by atoms with E-state index in [2.05, 4.69) is 0 Å². The number of rotatable bonds is 5. The number of aryl methyl sites for hydroxylation is 1. The first kappa shape index (κ1) is 22.1. The first-order valence-corrected chi connectivity index (χ1v) is 11.4. The molecule has 0 aromatic heterocycles. The van der Waals surface area contributed by atoms with Crippen LogP contribution in [0.2, 0.25) is 0 Å². The minimum Gasteiger partial charge on any atom is -0.496 e. The van der Waals surface area contributed by atoms with Crippen LogP contribution < -0.4 is 9.64 Å². The number of benzene rings is 2. The highest BCUT2D eigenvalue weighted by Gasteiger charge is 2.35. The maximum Gasteiger partial charge on any atom is 0.349 e. The molecule has 1 heterocycles. The molecule has 1 aliphatic carbocycles. The normalized spacial score (nSPS) is 17.2. The van der Waals surface area contributed by atoms with E-state index < -0.39 is 0 Å². The van der Waals surface area contributed by atoms with Gasteiger partial charge in [0.25, 0.3) is 0 Å². The van der Waals surface area contributed by atoms with Gasteiger partial charge < -0.3 is 4.74 Å². The largest absolute Gasteiger partial charge is 0.496 e. The van der Waals surface area contributed by atoms with Gasteiger partial charge in [0.05, 0.1) is 30.2 Å². The number of hydrogen-bond acceptors (Lipinski definition) is 4. The summed E-state index contributed by atoms with van der Waals surface area (Å²) in [5.41, 5.74) is 4.94. The highest BCUT2D eigenvalue weighted by molar-refractivity contribution is 6.14. The van der Waals surface area contributed by atoms with Crippen molar-refractivity contribution in [1.82, 2.24) is 5.01 Å². The number of nitrogens with zero attached hydrogens (tertiary/aromatic N) is 3. The Balaban J connectivity index is 1.95. The Morgan fingerprint density at radius 1 is 1.09 bits per heavy atom. The Hall–Kier alpha value is -3.15. The summed E-state index contributed by atoms with van der Waals surface area (Å²) >= 11 is 0. The third-order valence-electron chi connectivity index (χ3n) is 6.40. The number of aldehydes is 1. The molecule has 2 aliphatic rings. The molecule has 32 heavy (non-hydrogen) atoms. The van der Waals surface area contributed by atoms with Gasteiger partial charge in [0.1, 0.15) is 12.0 Å². The Kier molecular flexibility index (Phi) is 6.31. The SMILES string of the molecule is COc1cc2c(cc1C)N(c1ccc(C=O)cc1)C(=O)N(C(C)C)N=C2C1CCCCC1. The molecule has 4 rings (SSSR count). The molecule has 6 nitrogen and oxygen atoms in total. The number of methoxy groups -OCH3 is 1. The highest BCUT2D eigenvalue weighted by atomic mass is 16.5. The van der Waals surface area contributed by atoms with Crippen LogP contribution in [0.5, 0.6) is 5.75 Å². The molecule has 0 spiro atoms. The molecule has 0 unspecified atom stereocenters. The van der Waals surface area contributed by atoms with Gasteiger partial charge in [-0.2, -0.15) is 5.10 Å². The minimum atomic E-state index is -0.199. The lowest BCUT2D eigenvalue weighted by Crippen LogP contribution is -2.41. The highest BCUT2D eigenvalue weighted by Crippen LogP contribution is 2.40. The third kappa shape index (κ3) is 4.01. The molecule has 0 saturated heterocycles. The predicted molar refractivity (Wildman–Crippen MR) is 127 cm³/mol. The summed E-state index contributed by atoms with van der Waals surface area (Å²) in [6.07, 6.45) is 6.55. The molecule has 1 fully saturated rings. The average molecular weight is 434 g/mol. The first-order chi connectivity index (χ1) is 15.4. The molecule has 6 heteroatoms. The van der Waals surface area contributed by atoms with Crippen molar-refractivity contribution >= 4 is 29.4 Å². The lowest BCUT2D eigenvalue weighted by molar-refractivity contribution is 0.112. The Bertz CT molecular complexity index is 1040. The van der Waals surface area contributed by atoms with Crippen LogP contribution in [0.4, 0.5) is 16.2 Å². The molecule has 2 amide bonds. The van der Waals surface area contributed by atoms with Crippen LogP contribution in [0.25, 0.3) is 0 Å². The van der Waals surface area contributed by atoms with Gasteiger partial charge in [0, 0.05) is 17.0 Å². The van der Waals surface area contributed by atoms with Gasteiger partial charge in [0.15, 0.2) is 0 Å². The zero-order valence-corrected chi connectivity index (χ0v) is 19.3. The fourth-order valence-electron chi connectivity index (χ4n) is 4.67. The fraction of sp³-hybridized carbons (Fsp3) is 0.423. The monoisotopic (exact) mass is 433 g/mol. The molecule has 0 radical (unpaired) electrons. The summed E-state index contributed by atoms with van der Waals surface area (Å²) in [7, 11) is 1.67. The van der Waals surface area contributed by atoms with E-state index >= 15 is 0 Å². The molecule has 0 atom stereocenters. The molecule has 168 valence electrons. The van der Waals surface area contributed by atoms with E-state index in [9.17, 15) is 9.59 Å². The van der Waals surface area contributed by atoms with E-state index in [1.807, 2.05) is 45.0 Å². The summed E-state index contributed by atoms with van der Waals surface area (Å²) in [5, 5.41) is 6.58. The van der Waals surface area contributed by atoms with Crippen molar-refractivity contribution in [2.45, 2.75) is 58.9 Å². The van der Waals surface area contributed by atoms with Crippen molar-refractivity contribution in [3.05, 3.63) is 53.1 Å². The maximum atomic E-state index is 13.8. The quantitative estimate of drug-likeness (QED) is 0.537. The summed E-state index contributed by atoms with van der Waals surface area (Å²) in [6.45, 7) is 5.95. The van der Waals surface area contributed by atoms with Crippen molar-refractivity contribution in [3.8, 4) is 5.75 Å². The number of carbonyl (C=O) groups excluding carboxylic acids is 2. The summed E-state index contributed by atoms with van der Waals surface area (Å²) < 4.78 is 5.65. The number of carbonyl (C=O) groups is 2. The number of urea groups is 1. The van der Waals surface area contributed by atoms with Crippen LogP contribution >= 0.6 is 0 Å². The second-order valence-corrected chi connectivity index (χ2v) is 8.92. The van der Waals surface area contributed by atoms with Crippen molar-refractivity contribution in [2.24, 2.45) is 11.0 Å². The van der Waals surface area contributed by atoms with E-state index in [4.69, 9.17) is 9.84 Å². The number of hydrazone groups is 1. The molecule has 1 aliphatic heterocycles. The van der Waals surface area contributed by atoms with E-state index in [-0.39, 0.29) is 12.1 Å². The van der Waals surface area contributed by atoms with Crippen molar-refractivity contribution in [3.63, 3.8) is 0 Å². The van der Waals surface area contributed by atoms with Gasteiger partial charge in [-0.3, -0.25) is 9.69 Å². The lowest BCUT2D eigenvalue weighted by Gasteiger charge is -2.29. The summed E-state index contributed by atoms with van der Waals surface area (Å²) in [4.78, 5) is 26.7. The van der Waals surface area contributed by atoms with E-state index in [1.165, 1.54) is 19.3 Å². The molecule has 2 aromatic carbocycles. The van der Waals surface area contributed by atoms with Crippen LogP contribution in [0, 0.1) is 12.8 Å². The number of anilines is 2. The molecule has 0 N–H and O–H groups in total. The fourth-order valence-corrected chi connectivity index (χ4v) is 4.67. The molecular weight excluding hydrogens is 402 g/mol. The second-order valence-electron chi connectivity index (χ2n) is 8.92. The zero-order chi connectivity index (χ0) is 22.8. The van der Waals surface area contributed by atoms with Crippen LogP contribution in [0.1, 0.15) is 67.4 Å². The zero-order valence-electron chi connectivity index (χ0n) is 19.3. The van der Waals surface area contributed by atoms with Gasteiger partial charge >= 0.3 is 6.03 Å². The van der Waals surface area contributed by atoms with Gasteiger partial charge in [-0.1, -0.05) is 19.3 Å². The van der Waals surface area contributed by atoms with Crippen LogP contribution in [0.15, 0.2) is 41.5 Å². The molecule has 0 bridgehead atoms. The van der Waals surface area contributed by atoms with Crippen LogP contribution in [0.3, 0.4) is 0 Å². The standard InChI is InChI=1S/C26H31N3O3/c1-17(2)29-26(31)28(21-12-10-19(16-30)11-13-21)23-14-18(3)24(32-4)15-22(23)25(27-29)20-8-6-5-7-9-20/h10-17,20H,5-9H2,1-4H3. The smallest absolute Gasteiger partial charge is 0.349 e. The Morgan fingerprint density at radius 3 is 2.38 bits per heavy atom. The van der Waals surface area contributed by atoms with Crippen LogP contribution in [-0.4, -0.2) is 36.2 Å². The molecule has 2 aromatic rings. The molecular formula is C26H31N3O3. The topological polar surface area (TPSA) is 62.2 Å². The predicted octanol–water partition coefficient (Wildman–Crippen LogP) is 6.08. The maximum absolute atomic E-state index is 13.8.